The summed E-state index contributed by atoms with van der Waals surface area (Å²) in [6.07, 6.45) is 7.40. The Balaban J connectivity index is 1.87. The third kappa shape index (κ3) is 9.64. The number of anilines is 1. The number of nitrogens with one attached hydrogen (secondary N) is 1. The molecule has 0 unspecified atom stereocenters. The van der Waals surface area contributed by atoms with Gasteiger partial charge >= 0.3 is 5.97 Å². The summed E-state index contributed by atoms with van der Waals surface area (Å²) in [5, 5.41) is 3.36. The number of hydrogen-bond donors (Lipinski definition) is 1. The lowest BCUT2D eigenvalue weighted by molar-refractivity contribution is -0.140. The van der Waals surface area contributed by atoms with E-state index in [0.717, 1.165) is 50.2 Å². The molecule has 1 aromatic heterocycles. The number of benzene rings is 1. The molecule has 2 heterocycles. The van der Waals surface area contributed by atoms with Crippen molar-refractivity contribution in [3.05, 3.63) is 35.9 Å². The van der Waals surface area contributed by atoms with E-state index in [2.05, 4.69) is 72.2 Å². The number of aromatic nitrogens is 2. The molecule has 1 aliphatic rings. The molecule has 0 amide bonds. The van der Waals surface area contributed by atoms with Crippen LogP contribution in [-0.2, 0) is 22.6 Å². The minimum atomic E-state index is -0.630. The van der Waals surface area contributed by atoms with E-state index in [0.29, 0.717) is 23.4 Å². The number of fused-ring (bicyclic) bond motifs is 1. The van der Waals surface area contributed by atoms with Crippen LogP contribution in [0.2, 0.25) is 0 Å². The van der Waals surface area contributed by atoms with Crippen molar-refractivity contribution in [1.29, 1.82) is 0 Å². The smallest absolute Gasteiger partial charge is 0.332 e. The molecule has 0 spiro atoms. The van der Waals surface area contributed by atoms with Crippen LogP contribution in [0.1, 0.15) is 78.7 Å². The highest BCUT2D eigenvalue weighted by atomic mass is 16.5. The van der Waals surface area contributed by atoms with Crippen molar-refractivity contribution >= 4 is 23.0 Å². The van der Waals surface area contributed by atoms with Crippen molar-refractivity contribution < 1.29 is 9.53 Å². The number of ether oxygens (including phenoxy) is 1. The second-order valence-corrected chi connectivity index (χ2v) is 12.3. The molecule has 1 aliphatic heterocycles. The van der Waals surface area contributed by atoms with Crippen LogP contribution >= 0.6 is 0 Å². The summed E-state index contributed by atoms with van der Waals surface area (Å²) in [5.41, 5.74) is 4.08. The molecular weight excluding hydrogens is 486 g/mol. The third-order valence-electron chi connectivity index (χ3n) is 7.77. The van der Waals surface area contributed by atoms with Gasteiger partial charge in [0, 0.05) is 13.1 Å². The van der Waals surface area contributed by atoms with Gasteiger partial charge in [0.25, 0.3) is 0 Å². The van der Waals surface area contributed by atoms with E-state index < -0.39 is 6.04 Å². The van der Waals surface area contributed by atoms with Crippen molar-refractivity contribution in [2.45, 2.75) is 92.3 Å². The quantitative estimate of drug-likeness (QED) is 0.198. The number of hydrogen-bond acceptors (Lipinski definition) is 6. The molecule has 0 radical (unpaired) electrons. The number of carbonyl (C=O) groups is 1. The first kappa shape index (κ1) is 31.2. The van der Waals surface area contributed by atoms with Crippen molar-refractivity contribution in [3.63, 3.8) is 0 Å². The lowest BCUT2D eigenvalue weighted by atomic mass is 10.1. The van der Waals surface area contributed by atoms with Gasteiger partial charge in [0.05, 0.1) is 18.1 Å². The largest absolute Gasteiger partial charge is 0.467 e. The highest BCUT2D eigenvalue weighted by Gasteiger charge is 2.23. The van der Waals surface area contributed by atoms with E-state index in [-0.39, 0.29) is 5.97 Å². The van der Waals surface area contributed by atoms with Gasteiger partial charge in [-0.05, 0) is 107 Å². The molecule has 1 atom stereocenters. The molecular formula is C32H53N5O2. The van der Waals surface area contributed by atoms with Crippen LogP contribution in [0.3, 0.4) is 0 Å². The molecule has 218 valence electrons. The fourth-order valence-electron chi connectivity index (χ4n) is 5.28. The molecule has 7 nitrogen and oxygen atoms in total. The van der Waals surface area contributed by atoms with Gasteiger partial charge < -0.3 is 19.5 Å². The predicted octanol–water partition coefficient (Wildman–Crippen LogP) is 6.34. The Morgan fingerprint density at radius 3 is 2.33 bits per heavy atom. The molecule has 7 heteroatoms. The van der Waals surface area contributed by atoms with Gasteiger partial charge in [-0.3, -0.25) is 4.90 Å². The van der Waals surface area contributed by atoms with Crippen molar-refractivity contribution in [2.75, 3.05) is 45.2 Å². The lowest BCUT2D eigenvalue weighted by Crippen LogP contribution is -2.33. The molecule has 1 N–H and O–H groups in total. The number of piperidine rings is 1. The maximum Gasteiger partial charge on any atom is 0.332 e. The van der Waals surface area contributed by atoms with Crippen LogP contribution in [0.5, 0.6) is 0 Å². The van der Waals surface area contributed by atoms with Gasteiger partial charge in [-0.2, -0.15) is 0 Å². The normalized spacial score (nSPS) is 15.4. The molecule has 0 saturated carbocycles. The standard InChI is InChI=1S/C32H53N5O2/c1-24(2)14-20-36(21-15-25(3)4)23-27-12-13-28-29(22-27)37(19-11-18-35-16-9-8-10-17-35)32(33-28)34-30(26(5)6)31(38)39-7/h12-13,22,24-25,30H,5,8-11,14-21,23H2,1-4,6-7H3,(H,33,34)/t30-/m0/s1. The lowest BCUT2D eigenvalue weighted by Gasteiger charge is -2.26. The summed E-state index contributed by atoms with van der Waals surface area (Å²) in [4.78, 5) is 22.6. The molecule has 1 saturated heterocycles. The second-order valence-electron chi connectivity index (χ2n) is 12.3. The average molecular weight is 540 g/mol. The summed E-state index contributed by atoms with van der Waals surface area (Å²) in [7, 11) is 1.41. The Morgan fingerprint density at radius 2 is 1.74 bits per heavy atom. The van der Waals surface area contributed by atoms with Crippen molar-refractivity contribution in [1.82, 2.24) is 19.4 Å². The van der Waals surface area contributed by atoms with E-state index in [9.17, 15) is 4.79 Å². The number of carbonyl (C=O) groups excluding carboxylic acids is 1. The molecule has 0 bridgehead atoms. The van der Waals surface area contributed by atoms with E-state index in [1.807, 2.05) is 6.92 Å². The maximum absolute atomic E-state index is 12.5. The monoisotopic (exact) mass is 539 g/mol. The van der Waals surface area contributed by atoms with Crippen LogP contribution < -0.4 is 5.32 Å². The van der Waals surface area contributed by atoms with Gasteiger partial charge in [-0.1, -0.05) is 46.8 Å². The zero-order valence-electron chi connectivity index (χ0n) is 25.5. The first-order chi connectivity index (χ1) is 18.7. The van der Waals surface area contributed by atoms with Crippen LogP contribution in [0.15, 0.2) is 30.4 Å². The number of esters is 1. The second kappa shape index (κ2) is 15.4. The number of methoxy groups -OCH3 is 1. The van der Waals surface area contributed by atoms with Crippen LogP contribution in [-0.4, -0.2) is 71.2 Å². The van der Waals surface area contributed by atoms with Gasteiger partial charge in [-0.15, -0.1) is 0 Å². The number of imidazole rings is 1. The highest BCUT2D eigenvalue weighted by Crippen LogP contribution is 2.25. The zero-order chi connectivity index (χ0) is 28.4. The van der Waals surface area contributed by atoms with Gasteiger partial charge in [0.1, 0.15) is 6.04 Å². The van der Waals surface area contributed by atoms with Gasteiger partial charge in [0.15, 0.2) is 0 Å². The van der Waals surface area contributed by atoms with Crippen LogP contribution in [0.4, 0.5) is 5.95 Å². The number of rotatable bonds is 16. The molecule has 39 heavy (non-hydrogen) atoms. The van der Waals surface area contributed by atoms with Gasteiger partial charge in [-0.25, -0.2) is 9.78 Å². The summed E-state index contributed by atoms with van der Waals surface area (Å²) < 4.78 is 7.31. The van der Waals surface area contributed by atoms with E-state index in [1.54, 1.807) is 0 Å². The Kier molecular flexibility index (Phi) is 12.3. The molecule has 3 rings (SSSR count). The van der Waals surface area contributed by atoms with Crippen molar-refractivity contribution in [2.24, 2.45) is 11.8 Å². The molecule has 0 aliphatic carbocycles. The Morgan fingerprint density at radius 1 is 1.08 bits per heavy atom. The molecule has 2 aromatic rings. The minimum Gasteiger partial charge on any atom is -0.467 e. The molecule has 1 aromatic carbocycles. The first-order valence-corrected chi connectivity index (χ1v) is 15.1. The first-order valence-electron chi connectivity index (χ1n) is 15.1. The Hall–Kier alpha value is -2.38. The van der Waals surface area contributed by atoms with Gasteiger partial charge in [0.2, 0.25) is 5.95 Å². The fourth-order valence-corrected chi connectivity index (χ4v) is 5.28. The maximum atomic E-state index is 12.5. The fraction of sp³-hybridized carbons (Fsp3) is 0.688. The summed E-state index contributed by atoms with van der Waals surface area (Å²) in [6.45, 7) is 22.6. The summed E-state index contributed by atoms with van der Waals surface area (Å²) >= 11 is 0. The van der Waals surface area contributed by atoms with Crippen molar-refractivity contribution in [3.8, 4) is 0 Å². The SMILES string of the molecule is C=C(C)[C@H](Nc1nc2ccc(CN(CCC(C)C)CCC(C)C)cc2n1CCCN1CCCCC1)C(=O)OC. The summed E-state index contributed by atoms with van der Waals surface area (Å²) in [5.74, 6) is 1.75. The topological polar surface area (TPSA) is 62.6 Å². The number of nitrogens with zero attached hydrogens (tertiary/aromatic N) is 4. The average Bonchev–Trinajstić information content (AvgIpc) is 3.25. The predicted molar refractivity (Wildman–Crippen MR) is 163 cm³/mol. The van der Waals surface area contributed by atoms with E-state index >= 15 is 0 Å². The molecule has 1 fully saturated rings. The zero-order valence-corrected chi connectivity index (χ0v) is 25.5. The van der Waals surface area contributed by atoms with E-state index in [4.69, 9.17) is 9.72 Å². The Bertz CT molecular complexity index is 1040. The Labute approximate surface area is 237 Å². The highest BCUT2D eigenvalue weighted by molar-refractivity contribution is 5.84. The summed E-state index contributed by atoms with van der Waals surface area (Å²) in [6, 6.07) is 6.02. The third-order valence-corrected chi connectivity index (χ3v) is 7.77. The minimum absolute atomic E-state index is 0.346. The van der Waals surface area contributed by atoms with E-state index in [1.165, 1.54) is 57.9 Å². The van der Waals surface area contributed by atoms with Crippen LogP contribution in [0.25, 0.3) is 11.0 Å². The number of aryl methyl sites for hydroxylation is 1. The number of likely N-dealkylation sites (tertiary alicyclic amines) is 1. The van der Waals surface area contributed by atoms with Crippen LogP contribution in [0, 0.1) is 11.8 Å².